The van der Waals surface area contributed by atoms with Crippen molar-refractivity contribution in [3.05, 3.63) is 29.8 Å². The van der Waals surface area contributed by atoms with Gasteiger partial charge in [0.15, 0.2) is 0 Å². The molecule has 1 atom stereocenters. The fourth-order valence-corrected chi connectivity index (χ4v) is 2.87. The van der Waals surface area contributed by atoms with Crippen molar-refractivity contribution in [1.82, 2.24) is 9.88 Å². The average molecular weight is 271 g/mol. The topological polar surface area (TPSA) is 51.4 Å². The van der Waals surface area contributed by atoms with E-state index >= 15 is 0 Å². The summed E-state index contributed by atoms with van der Waals surface area (Å²) in [7, 11) is 1.66. The van der Waals surface area contributed by atoms with Crippen molar-refractivity contribution in [2.45, 2.75) is 19.9 Å². The first-order valence-electron chi connectivity index (χ1n) is 7.11. The molecule has 1 unspecified atom stereocenters. The second-order valence-corrected chi connectivity index (χ2v) is 5.72. The third kappa shape index (κ3) is 2.56. The molecule has 1 saturated heterocycles. The number of hydrogen-bond acceptors (Lipinski definition) is 4. The van der Waals surface area contributed by atoms with Crippen LogP contribution in [0.5, 0.6) is 5.75 Å². The maximum Gasteiger partial charge on any atom is 0.128 e. The lowest BCUT2D eigenvalue weighted by Crippen LogP contribution is -2.20. The highest BCUT2D eigenvalue weighted by Gasteiger charge is 2.19. The minimum atomic E-state index is 0.630. The Kier molecular flexibility index (Phi) is 3.49. The van der Waals surface area contributed by atoms with Crippen LogP contribution in [0.2, 0.25) is 0 Å². The van der Waals surface area contributed by atoms with Gasteiger partial charge in [-0.25, -0.2) is 4.98 Å². The van der Waals surface area contributed by atoms with Crippen molar-refractivity contribution in [2.24, 2.45) is 5.92 Å². The molecule has 0 amide bonds. The van der Waals surface area contributed by atoms with E-state index in [0.29, 0.717) is 5.82 Å². The number of ether oxygens (including phenoxy) is 1. The Labute approximate surface area is 119 Å². The van der Waals surface area contributed by atoms with E-state index in [1.165, 1.54) is 6.42 Å². The Morgan fingerprint density at radius 2 is 2.25 bits per heavy atom. The number of fused-ring (bicyclic) bond motifs is 1. The zero-order valence-corrected chi connectivity index (χ0v) is 12.1. The fourth-order valence-electron chi connectivity index (χ4n) is 2.87. The lowest BCUT2D eigenvalue weighted by atomic mass is 10.1. The van der Waals surface area contributed by atoms with E-state index in [2.05, 4.69) is 22.9 Å². The molecule has 1 aromatic carbocycles. The van der Waals surface area contributed by atoms with Gasteiger partial charge >= 0.3 is 0 Å². The van der Waals surface area contributed by atoms with Gasteiger partial charge in [-0.15, -0.1) is 0 Å². The molecular weight excluding hydrogens is 250 g/mol. The summed E-state index contributed by atoms with van der Waals surface area (Å²) in [6.45, 7) is 5.50. The quantitative estimate of drug-likeness (QED) is 0.932. The molecular formula is C16H21N3O. The molecule has 0 radical (unpaired) electrons. The summed E-state index contributed by atoms with van der Waals surface area (Å²) < 4.78 is 5.22. The molecule has 1 aromatic heterocycles. The molecule has 2 N–H and O–H groups in total. The van der Waals surface area contributed by atoms with E-state index in [0.717, 1.165) is 47.8 Å². The van der Waals surface area contributed by atoms with Gasteiger partial charge in [0, 0.05) is 30.1 Å². The van der Waals surface area contributed by atoms with Crippen LogP contribution in [-0.4, -0.2) is 30.1 Å². The van der Waals surface area contributed by atoms with Gasteiger partial charge in [0.05, 0.1) is 12.6 Å². The largest absolute Gasteiger partial charge is 0.497 e. The van der Waals surface area contributed by atoms with Gasteiger partial charge in [-0.05, 0) is 37.1 Å². The molecule has 0 spiro atoms. The summed E-state index contributed by atoms with van der Waals surface area (Å²) in [4.78, 5) is 6.97. The van der Waals surface area contributed by atoms with E-state index in [1.807, 2.05) is 18.2 Å². The molecule has 2 aromatic rings. The Balaban J connectivity index is 1.89. The highest BCUT2D eigenvalue weighted by Crippen LogP contribution is 2.25. The fraction of sp³-hybridized carbons (Fsp3) is 0.438. The number of nitrogen functional groups attached to an aromatic ring is 1. The third-order valence-electron chi connectivity index (χ3n) is 4.04. The number of anilines is 1. The molecule has 0 bridgehead atoms. The molecule has 3 rings (SSSR count). The SMILES string of the molecule is COc1ccc2cc(CN3CCC(C)C3)c(N)nc2c1. The van der Waals surface area contributed by atoms with Crippen LogP contribution >= 0.6 is 0 Å². The van der Waals surface area contributed by atoms with Crippen LogP contribution in [0.25, 0.3) is 10.9 Å². The number of hydrogen-bond donors (Lipinski definition) is 1. The number of nitrogens with two attached hydrogens (primary N) is 1. The number of likely N-dealkylation sites (tertiary alicyclic amines) is 1. The molecule has 4 nitrogen and oxygen atoms in total. The van der Waals surface area contributed by atoms with Gasteiger partial charge in [0.25, 0.3) is 0 Å². The number of pyridine rings is 1. The van der Waals surface area contributed by atoms with Crippen molar-refractivity contribution < 1.29 is 4.74 Å². The minimum absolute atomic E-state index is 0.630. The monoisotopic (exact) mass is 271 g/mol. The predicted octanol–water partition coefficient (Wildman–Crippen LogP) is 2.67. The van der Waals surface area contributed by atoms with Crippen LogP contribution in [0.4, 0.5) is 5.82 Å². The number of aromatic nitrogens is 1. The van der Waals surface area contributed by atoms with Crippen LogP contribution in [0.3, 0.4) is 0 Å². The van der Waals surface area contributed by atoms with Crippen LogP contribution in [-0.2, 0) is 6.54 Å². The normalized spacial score (nSPS) is 19.6. The molecule has 20 heavy (non-hydrogen) atoms. The van der Waals surface area contributed by atoms with E-state index in [4.69, 9.17) is 10.5 Å². The maximum absolute atomic E-state index is 6.11. The summed E-state index contributed by atoms with van der Waals surface area (Å²) >= 11 is 0. The Morgan fingerprint density at radius 1 is 1.40 bits per heavy atom. The summed E-state index contributed by atoms with van der Waals surface area (Å²) in [5, 5.41) is 1.11. The molecule has 2 heterocycles. The van der Waals surface area contributed by atoms with Gasteiger partial charge in [-0.3, -0.25) is 4.90 Å². The molecule has 1 aliphatic heterocycles. The number of benzene rings is 1. The Hall–Kier alpha value is -1.81. The number of rotatable bonds is 3. The molecule has 106 valence electrons. The third-order valence-corrected chi connectivity index (χ3v) is 4.04. The predicted molar refractivity (Wildman–Crippen MR) is 81.8 cm³/mol. The summed E-state index contributed by atoms with van der Waals surface area (Å²) in [6.07, 6.45) is 1.28. The molecule has 4 heteroatoms. The van der Waals surface area contributed by atoms with E-state index in [1.54, 1.807) is 7.11 Å². The van der Waals surface area contributed by atoms with Crippen molar-refractivity contribution in [2.75, 3.05) is 25.9 Å². The van der Waals surface area contributed by atoms with E-state index in [9.17, 15) is 0 Å². The van der Waals surface area contributed by atoms with Gasteiger partial charge < -0.3 is 10.5 Å². The first-order chi connectivity index (χ1) is 9.65. The zero-order chi connectivity index (χ0) is 14.1. The van der Waals surface area contributed by atoms with Crippen LogP contribution in [0.1, 0.15) is 18.9 Å². The Bertz CT molecular complexity index is 626. The smallest absolute Gasteiger partial charge is 0.128 e. The molecule has 1 aliphatic rings. The summed E-state index contributed by atoms with van der Waals surface area (Å²) in [5.74, 6) is 2.23. The lowest BCUT2D eigenvalue weighted by molar-refractivity contribution is 0.321. The first kappa shape index (κ1) is 13.2. The second kappa shape index (κ2) is 5.29. The molecule has 0 saturated carbocycles. The van der Waals surface area contributed by atoms with Gasteiger partial charge in [0.2, 0.25) is 0 Å². The number of methoxy groups -OCH3 is 1. The summed E-state index contributed by atoms with van der Waals surface area (Å²) in [5.41, 5.74) is 8.12. The standard InChI is InChI=1S/C16H21N3O/c1-11-5-6-19(9-11)10-13-7-12-3-4-14(20-2)8-15(12)18-16(13)17/h3-4,7-8,11H,5-6,9-10H2,1-2H3,(H2,17,18). The Morgan fingerprint density at radius 3 is 2.95 bits per heavy atom. The van der Waals surface area contributed by atoms with Crippen molar-refractivity contribution >= 4 is 16.7 Å². The minimum Gasteiger partial charge on any atom is -0.497 e. The summed E-state index contributed by atoms with van der Waals surface area (Å²) in [6, 6.07) is 8.08. The van der Waals surface area contributed by atoms with Gasteiger partial charge in [-0.1, -0.05) is 6.92 Å². The first-order valence-corrected chi connectivity index (χ1v) is 7.11. The highest BCUT2D eigenvalue weighted by molar-refractivity contribution is 5.82. The zero-order valence-electron chi connectivity index (χ0n) is 12.1. The van der Waals surface area contributed by atoms with E-state index in [-0.39, 0.29) is 0 Å². The van der Waals surface area contributed by atoms with Gasteiger partial charge in [0.1, 0.15) is 11.6 Å². The molecule has 1 fully saturated rings. The van der Waals surface area contributed by atoms with Gasteiger partial charge in [-0.2, -0.15) is 0 Å². The highest BCUT2D eigenvalue weighted by atomic mass is 16.5. The lowest BCUT2D eigenvalue weighted by Gasteiger charge is -2.17. The van der Waals surface area contributed by atoms with Crippen LogP contribution < -0.4 is 10.5 Å². The molecule has 0 aliphatic carbocycles. The van der Waals surface area contributed by atoms with Crippen LogP contribution in [0.15, 0.2) is 24.3 Å². The van der Waals surface area contributed by atoms with E-state index < -0.39 is 0 Å². The maximum atomic E-state index is 6.11. The number of nitrogens with zero attached hydrogens (tertiary/aromatic N) is 2. The van der Waals surface area contributed by atoms with Crippen molar-refractivity contribution in [1.29, 1.82) is 0 Å². The van der Waals surface area contributed by atoms with Crippen molar-refractivity contribution in [3.63, 3.8) is 0 Å². The average Bonchev–Trinajstić information content (AvgIpc) is 2.84. The second-order valence-electron chi connectivity index (χ2n) is 5.72. The van der Waals surface area contributed by atoms with Crippen LogP contribution in [0, 0.1) is 5.92 Å². The van der Waals surface area contributed by atoms with Crippen molar-refractivity contribution in [3.8, 4) is 5.75 Å².